The Morgan fingerprint density at radius 2 is 1.85 bits per heavy atom. The van der Waals surface area contributed by atoms with Gasteiger partial charge in [0.15, 0.2) is 0 Å². The van der Waals surface area contributed by atoms with Gasteiger partial charge in [0.25, 0.3) is 0 Å². The van der Waals surface area contributed by atoms with Gasteiger partial charge >= 0.3 is 11.8 Å². The minimum absolute atomic E-state index is 0.224. The largest absolute Gasteiger partial charge is 0.326 e. The molecule has 0 fully saturated rings. The molecule has 4 nitrogen and oxygen atoms in total. The molecule has 0 aliphatic carbocycles. The van der Waals surface area contributed by atoms with Crippen LogP contribution in [0, 0.1) is 5.82 Å². The van der Waals surface area contributed by atoms with Crippen LogP contribution in [-0.4, -0.2) is 36.3 Å². The molecular formula is C20H16ClFN2O2. The van der Waals surface area contributed by atoms with Crippen molar-refractivity contribution in [3.63, 3.8) is 0 Å². The molecule has 0 atom stereocenters. The van der Waals surface area contributed by atoms with Gasteiger partial charge in [0.2, 0.25) is 0 Å². The lowest BCUT2D eigenvalue weighted by molar-refractivity contribution is -0.143. The molecule has 26 heavy (non-hydrogen) atoms. The Kier molecular flexibility index (Phi) is 4.24. The quantitative estimate of drug-likeness (QED) is 0.723. The lowest BCUT2D eigenvalue weighted by Crippen LogP contribution is -2.44. The highest BCUT2D eigenvalue weighted by molar-refractivity contribution is 6.41. The van der Waals surface area contributed by atoms with Crippen molar-refractivity contribution in [1.29, 1.82) is 0 Å². The second kappa shape index (κ2) is 6.57. The number of amides is 2. The first-order valence-corrected chi connectivity index (χ1v) is 8.76. The fourth-order valence-corrected chi connectivity index (χ4v) is 3.74. The van der Waals surface area contributed by atoms with Crippen molar-refractivity contribution in [2.75, 3.05) is 24.5 Å². The number of fused-ring (bicyclic) bond motifs is 1. The molecule has 2 amide bonds. The van der Waals surface area contributed by atoms with Crippen LogP contribution >= 0.6 is 11.6 Å². The molecule has 132 valence electrons. The molecule has 2 aromatic carbocycles. The molecule has 0 bridgehead atoms. The highest BCUT2D eigenvalue weighted by Crippen LogP contribution is 2.33. The van der Waals surface area contributed by atoms with Crippen LogP contribution in [0.25, 0.3) is 5.57 Å². The molecule has 2 aliphatic rings. The van der Waals surface area contributed by atoms with Crippen molar-refractivity contribution in [2.24, 2.45) is 0 Å². The summed E-state index contributed by atoms with van der Waals surface area (Å²) < 4.78 is 13.9. The molecule has 2 aliphatic heterocycles. The molecule has 4 rings (SSSR count). The van der Waals surface area contributed by atoms with Gasteiger partial charge in [-0.25, -0.2) is 4.39 Å². The first-order chi connectivity index (χ1) is 12.6. The number of carbonyl (C=O) groups is 2. The molecule has 2 heterocycles. The fraction of sp³-hybridized carbons (Fsp3) is 0.200. The van der Waals surface area contributed by atoms with Gasteiger partial charge in [-0.2, -0.15) is 0 Å². The van der Waals surface area contributed by atoms with Crippen LogP contribution in [-0.2, 0) is 16.0 Å². The van der Waals surface area contributed by atoms with Crippen molar-refractivity contribution in [3.05, 3.63) is 70.5 Å². The number of rotatable bonds is 1. The first-order valence-electron chi connectivity index (χ1n) is 8.38. The van der Waals surface area contributed by atoms with E-state index in [0.29, 0.717) is 41.4 Å². The standard InChI is InChI=1S/C20H16ClFN2O2/c21-16-5-3-7-18-15(16)9-11-24(18)20(26)19(25)23-10-8-13(12-23)14-4-1-2-6-17(14)22/h1-8H,9-12H2. The van der Waals surface area contributed by atoms with Gasteiger partial charge < -0.3 is 9.80 Å². The third-order valence-electron chi connectivity index (χ3n) is 4.82. The van der Waals surface area contributed by atoms with Gasteiger partial charge in [-0.15, -0.1) is 0 Å². The van der Waals surface area contributed by atoms with Gasteiger partial charge in [-0.1, -0.05) is 41.9 Å². The normalized spacial score (nSPS) is 15.8. The summed E-state index contributed by atoms with van der Waals surface area (Å²) in [6.07, 6.45) is 2.42. The lowest BCUT2D eigenvalue weighted by atomic mass is 10.1. The van der Waals surface area contributed by atoms with Crippen molar-refractivity contribution < 1.29 is 14.0 Å². The number of hydrogen-bond acceptors (Lipinski definition) is 2. The average molecular weight is 371 g/mol. The Labute approximate surface area is 155 Å². The van der Waals surface area contributed by atoms with E-state index in [2.05, 4.69) is 0 Å². The van der Waals surface area contributed by atoms with Crippen LogP contribution in [0.2, 0.25) is 5.02 Å². The van der Waals surface area contributed by atoms with E-state index < -0.39 is 11.8 Å². The minimum Gasteiger partial charge on any atom is -0.326 e. The van der Waals surface area contributed by atoms with E-state index >= 15 is 0 Å². The number of hydrogen-bond donors (Lipinski definition) is 0. The van der Waals surface area contributed by atoms with Crippen LogP contribution in [0.1, 0.15) is 11.1 Å². The van der Waals surface area contributed by atoms with E-state index in [-0.39, 0.29) is 12.4 Å². The van der Waals surface area contributed by atoms with E-state index in [0.717, 1.165) is 5.56 Å². The van der Waals surface area contributed by atoms with Crippen molar-refractivity contribution in [1.82, 2.24) is 4.90 Å². The third kappa shape index (κ3) is 2.78. The Hall–Kier alpha value is -2.66. The first kappa shape index (κ1) is 16.8. The lowest BCUT2D eigenvalue weighted by Gasteiger charge is -2.21. The maximum atomic E-state index is 13.9. The van der Waals surface area contributed by atoms with Gasteiger partial charge in [0.05, 0.1) is 0 Å². The smallest absolute Gasteiger partial charge is 0.316 e. The highest BCUT2D eigenvalue weighted by Gasteiger charge is 2.34. The van der Waals surface area contributed by atoms with Crippen LogP contribution in [0.5, 0.6) is 0 Å². The van der Waals surface area contributed by atoms with E-state index in [1.54, 1.807) is 42.5 Å². The van der Waals surface area contributed by atoms with Crippen LogP contribution < -0.4 is 4.90 Å². The summed E-state index contributed by atoms with van der Waals surface area (Å²) in [5.74, 6) is -1.49. The minimum atomic E-state index is -0.583. The number of nitrogens with zero attached hydrogens (tertiary/aromatic N) is 2. The predicted molar refractivity (Wildman–Crippen MR) is 98.5 cm³/mol. The summed E-state index contributed by atoms with van der Waals surface area (Å²) in [6, 6.07) is 11.8. The van der Waals surface area contributed by atoms with Crippen molar-refractivity contribution in [3.8, 4) is 0 Å². The van der Waals surface area contributed by atoms with Gasteiger partial charge in [0, 0.05) is 35.9 Å². The maximum absolute atomic E-state index is 13.9. The molecular weight excluding hydrogens is 355 g/mol. The second-order valence-electron chi connectivity index (χ2n) is 6.34. The molecule has 0 saturated heterocycles. The number of anilines is 1. The summed E-state index contributed by atoms with van der Waals surface area (Å²) in [5, 5.41) is 0.606. The Balaban J connectivity index is 1.50. The van der Waals surface area contributed by atoms with E-state index in [1.165, 1.54) is 15.9 Å². The SMILES string of the molecule is O=C(C(=O)N1CCc2c(Cl)cccc21)N1CC=C(c2ccccc2F)C1. The molecule has 0 spiro atoms. The summed E-state index contributed by atoms with van der Waals surface area (Å²) in [4.78, 5) is 28.3. The zero-order chi connectivity index (χ0) is 18.3. The Bertz CT molecular complexity index is 941. The number of halogens is 2. The van der Waals surface area contributed by atoms with Crippen LogP contribution in [0.3, 0.4) is 0 Å². The van der Waals surface area contributed by atoms with Crippen LogP contribution in [0.4, 0.5) is 10.1 Å². The monoisotopic (exact) mass is 370 g/mol. The maximum Gasteiger partial charge on any atom is 0.316 e. The summed E-state index contributed by atoms with van der Waals surface area (Å²) in [7, 11) is 0. The van der Waals surface area contributed by atoms with Gasteiger partial charge in [-0.05, 0) is 35.8 Å². The number of benzene rings is 2. The van der Waals surface area contributed by atoms with Crippen molar-refractivity contribution in [2.45, 2.75) is 6.42 Å². The van der Waals surface area contributed by atoms with Gasteiger partial charge in [-0.3, -0.25) is 9.59 Å². The fourth-order valence-electron chi connectivity index (χ4n) is 3.48. The van der Waals surface area contributed by atoms with E-state index in [4.69, 9.17) is 11.6 Å². The molecule has 2 aromatic rings. The zero-order valence-electron chi connectivity index (χ0n) is 13.9. The summed E-state index contributed by atoms with van der Waals surface area (Å²) >= 11 is 6.17. The van der Waals surface area contributed by atoms with Gasteiger partial charge in [0.1, 0.15) is 5.82 Å². The second-order valence-corrected chi connectivity index (χ2v) is 6.75. The molecule has 0 N–H and O–H groups in total. The van der Waals surface area contributed by atoms with E-state index in [9.17, 15) is 14.0 Å². The molecule has 0 saturated carbocycles. The summed E-state index contributed by atoms with van der Waals surface area (Å²) in [5.41, 5.74) is 2.77. The molecule has 6 heteroatoms. The predicted octanol–water partition coefficient (Wildman–Crippen LogP) is 3.29. The third-order valence-corrected chi connectivity index (χ3v) is 5.18. The molecule has 0 radical (unpaired) electrons. The summed E-state index contributed by atoms with van der Waals surface area (Å²) in [6.45, 7) is 0.956. The number of carbonyl (C=O) groups excluding carboxylic acids is 2. The molecule has 0 unspecified atom stereocenters. The van der Waals surface area contributed by atoms with E-state index in [1.807, 2.05) is 0 Å². The average Bonchev–Trinajstić information content (AvgIpc) is 3.29. The van der Waals surface area contributed by atoms with Crippen LogP contribution in [0.15, 0.2) is 48.5 Å². The topological polar surface area (TPSA) is 40.6 Å². The van der Waals surface area contributed by atoms with Crippen molar-refractivity contribution >= 4 is 34.7 Å². The Morgan fingerprint density at radius 1 is 1.04 bits per heavy atom. The zero-order valence-corrected chi connectivity index (χ0v) is 14.7. The Morgan fingerprint density at radius 3 is 2.65 bits per heavy atom. The highest BCUT2D eigenvalue weighted by atomic mass is 35.5. The molecule has 0 aromatic heterocycles.